The Labute approximate surface area is 180 Å². The number of aryl methyl sites for hydroxylation is 1. The number of hydroxylamine groups is 2. The van der Waals surface area contributed by atoms with Crippen molar-refractivity contribution in [3.05, 3.63) is 71.8 Å². The fourth-order valence-electron chi connectivity index (χ4n) is 3.35. The second-order valence-electron chi connectivity index (χ2n) is 7.12. The van der Waals surface area contributed by atoms with Crippen molar-refractivity contribution >= 4 is 23.7 Å². The minimum Gasteiger partial charge on any atom is -0.480 e. The van der Waals surface area contributed by atoms with E-state index in [1.54, 1.807) is 11.8 Å². The van der Waals surface area contributed by atoms with Crippen molar-refractivity contribution in [1.29, 1.82) is 0 Å². The minimum atomic E-state index is -0.994. The van der Waals surface area contributed by atoms with Crippen molar-refractivity contribution < 1.29 is 24.6 Å². The quantitative estimate of drug-likeness (QED) is 0.559. The van der Waals surface area contributed by atoms with Crippen LogP contribution in [0.15, 0.2) is 60.7 Å². The number of carbonyl (C=O) groups is 2. The van der Waals surface area contributed by atoms with Gasteiger partial charge in [-0.3, -0.25) is 19.7 Å². The Balaban J connectivity index is 1.66. The van der Waals surface area contributed by atoms with Crippen LogP contribution >= 0.6 is 11.8 Å². The monoisotopic (exact) mass is 430 g/mol. The molecule has 8 heteroatoms. The van der Waals surface area contributed by atoms with E-state index in [9.17, 15) is 19.8 Å². The van der Waals surface area contributed by atoms with E-state index >= 15 is 0 Å². The molecule has 0 amide bonds. The Bertz CT molecular complexity index is 821. The first-order valence-electron chi connectivity index (χ1n) is 9.84. The summed E-state index contributed by atoms with van der Waals surface area (Å²) < 4.78 is 0. The van der Waals surface area contributed by atoms with Crippen molar-refractivity contribution in [1.82, 2.24) is 10.4 Å². The summed E-state index contributed by atoms with van der Waals surface area (Å²) in [6, 6.07) is 18.8. The third-order valence-corrected chi connectivity index (χ3v) is 6.15. The molecule has 0 spiro atoms. The van der Waals surface area contributed by atoms with Crippen molar-refractivity contribution in [3.8, 4) is 0 Å². The predicted molar refractivity (Wildman–Crippen MR) is 115 cm³/mol. The molecule has 3 rings (SSSR count). The molecule has 2 aromatic rings. The Morgan fingerprint density at radius 2 is 1.77 bits per heavy atom. The van der Waals surface area contributed by atoms with E-state index in [4.69, 9.17) is 4.84 Å². The summed E-state index contributed by atoms with van der Waals surface area (Å²) in [6.45, 7) is 0.130. The fourth-order valence-corrected chi connectivity index (χ4v) is 4.54. The van der Waals surface area contributed by atoms with Crippen LogP contribution in [-0.2, 0) is 20.8 Å². The zero-order chi connectivity index (χ0) is 21.3. The number of nitrogens with one attached hydrogen (secondary N) is 1. The Kier molecular flexibility index (Phi) is 8.27. The zero-order valence-electron chi connectivity index (χ0n) is 16.5. The molecule has 1 aliphatic rings. The van der Waals surface area contributed by atoms with Crippen LogP contribution in [0.4, 0.5) is 0 Å². The molecule has 1 aliphatic heterocycles. The number of carboxylic acids is 2. The van der Waals surface area contributed by atoms with E-state index < -0.39 is 24.2 Å². The van der Waals surface area contributed by atoms with Crippen molar-refractivity contribution in [3.63, 3.8) is 0 Å². The molecule has 1 heterocycles. The SMILES string of the molecule is O=C(O)CN1CC(c2ccccc2)SCC(NC(CCc2ccccc2)C(=O)O)O1. The molecule has 0 radical (unpaired) electrons. The molecule has 3 N–H and O–H groups in total. The summed E-state index contributed by atoms with van der Waals surface area (Å²) in [7, 11) is 0. The van der Waals surface area contributed by atoms with Gasteiger partial charge in [0, 0.05) is 17.5 Å². The summed E-state index contributed by atoms with van der Waals surface area (Å²) in [5.41, 5.74) is 2.15. The van der Waals surface area contributed by atoms with Crippen LogP contribution in [0.25, 0.3) is 0 Å². The summed E-state index contributed by atoms with van der Waals surface area (Å²) in [5, 5.41) is 23.4. The van der Waals surface area contributed by atoms with E-state index in [2.05, 4.69) is 5.32 Å². The van der Waals surface area contributed by atoms with E-state index in [0.29, 0.717) is 25.1 Å². The molecular formula is C22H26N2O5S. The normalized spacial score (nSPS) is 20.9. The van der Waals surface area contributed by atoms with Crippen LogP contribution in [0.5, 0.6) is 0 Å². The van der Waals surface area contributed by atoms with Gasteiger partial charge in [-0.2, -0.15) is 5.06 Å². The van der Waals surface area contributed by atoms with Gasteiger partial charge in [-0.1, -0.05) is 60.7 Å². The van der Waals surface area contributed by atoms with Crippen LogP contribution in [0.3, 0.4) is 0 Å². The van der Waals surface area contributed by atoms with Gasteiger partial charge in [0.15, 0.2) is 0 Å². The molecule has 1 saturated heterocycles. The Morgan fingerprint density at radius 1 is 1.10 bits per heavy atom. The van der Waals surface area contributed by atoms with Gasteiger partial charge in [0.1, 0.15) is 18.8 Å². The number of hydrogen-bond donors (Lipinski definition) is 3. The van der Waals surface area contributed by atoms with Gasteiger partial charge in [0.25, 0.3) is 0 Å². The maximum atomic E-state index is 11.8. The van der Waals surface area contributed by atoms with Gasteiger partial charge >= 0.3 is 11.9 Å². The highest BCUT2D eigenvalue weighted by Gasteiger charge is 2.30. The summed E-state index contributed by atoms with van der Waals surface area (Å²) in [4.78, 5) is 28.9. The number of carboxylic acid groups (broad SMARTS) is 2. The van der Waals surface area contributed by atoms with Crippen molar-refractivity contribution in [2.45, 2.75) is 30.4 Å². The average Bonchev–Trinajstić information content (AvgIpc) is 2.94. The lowest BCUT2D eigenvalue weighted by molar-refractivity contribution is -0.205. The van der Waals surface area contributed by atoms with Crippen LogP contribution in [-0.4, -0.2) is 58.3 Å². The highest BCUT2D eigenvalue weighted by molar-refractivity contribution is 7.99. The molecule has 0 bridgehead atoms. The lowest BCUT2D eigenvalue weighted by Crippen LogP contribution is -2.48. The standard InChI is InChI=1S/C22H26N2O5S/c25-21(26)14-24-13-19(17-9-5-2-6-10-17)30-15-20(29-24)23-18(22(27)28)12-11-16-7-3-1-4-8-16/h1-10,18-20,23H,11-15H2,(H,25,26)(H,27,28). The number of benzene rings is 2. The lowest BCUT2D eigenvalue weighted by Gasteiger charge is -2.26. The van der Waals surface area contributed by atoms with Crippen LogP contribution in [0.1, 0.15) is 22.8 Å². The molecule has 0 aromatic heterocycles. The van der Waals surface area contributed by atoms with Gasteiger partial charge in [-0.05, 0) is 24.0 Å². The van der Waals surface area contributed by atoms with Crippen molar-refractivity contribution in [2.24, 2.45) is 0 Å². The average molecular weight is 431 g/mol. The third kappa shape index (κ3) is 6.84. The van der Waals surface area contributed by atoms with Gasteiger partial charge in [-0.25, -0.2) is 0 Å². The van der Waals surface area contributed by atoms with E-state index in [-0.39, 0.29) is 11.8 Å². The number of hydrogen-bond acceptors (Lipinski definition) is 6. The van der Waals surface area contributed by atoms with E-state index in [0.717, 1.165) is 11.1 Å². The molecule has 2 aromatic carbocycles. The number of rotatable bonds is 9. The number of aliphatic carboxylic acids is 2. The molecule has 7 nitrogen and oxygen atoms in total. The smallest absolute Gasteiger partial charge is 0.320 e. The highest BCUT2D eigenvalue weighted by atomic mass is 32.2. The van der Waals surface area contributed by atoms with Gasteiger partial charge in [0.2, 0.25) is 0 Å². The maximum absolute atomic E-state index is 11.8. The first-order chi connectivity index (χ1) is 14.5. The van der Waals surface area contributed by atoms with Crippen LogP contribution < -0.4 is 5.32 Å². The third-order valence-electron chi connectivity index (χ3n) is 4.83. The summed E-state index contributed by atoms with van der Waals surface area (Å²) in [5.74, 6) is -1.44. The maximum Gasteiger partial charge on any atom is 0.320 e. The highest BCUT2D eigenvalue weighted by Crippen LogP contribution is 2.33. The van der Waals surface area contributed by atoms with E-state index in [1.165, 1.54) is 5.06 Å². The topological polar surface area (TPSA) is 99.1 Å². The number of thioether (sulfide) groups is 1. The van der Waals surface area contributed by atoms with Crippen LogP contribution in [0.2, 0.25) is 0 Å². The first kappa shape index (κ1) is 22.3. The molecule has 30 heavy (non-hydrogen) atoms. The lowest BCUT2D eigenvalue weighted by atomic mass is 10.1. The Hall–Kier alpha value is -2.39. The molecule has 3 atom stereocenters. The summed E-state index contributed by atoms with van der Waals surface area (Å²) >= 11 is 1.63. The Morgan fingerprint density at radius 3 is 2.40 bits per heavy atom. The van der Waals surface area contributed by atoms with Gasteiger partial charge in [-0.15, -0.1) is 11.8 Å². The second-order valence-corrected chi connectivity index (χ2v) is 8.36. The minimum absolute atomic E-state index is 0.0324. The molecule has 1 fully saturated rings. The van der Waals surface area contributed by atoms with Crippen molar-refractivity contribution in [2.75, 3.05) is 18.8 Å². The molecular weight excluding hydrogens is 404 g/mol. The largest absolute Gasteiger partial charge is 0.480 e. The molecule has 3 unspecified atom stereocenters. The van der Waals surface area contributed by atoms with Crippen LogP contribution in [0, 0.1) is 0 Å². The zero-order valence-corrected chi connectivity index (χ0v) is 17.3. The second kappa shape index (κ2) is 11.1. The first-order valence-corrected chi connectivity index (χ1v) is 10.9. The van der Waals surface area contributed by atoms with Gasteiger partial charge in [0.05, 0.1) is 0 Å². The molecule has 0 aliphatic carbocycles. The van der Waals surface area contributed by atoms with Gasteiger partial charge < -0.3 is 10.2 Å². The fraction of sp³-hybridized carbons (Fsp3) is 0.364. The summed E-state index contributed by atoms with van der Waals surface area (Å²) in [6.07, 6.45) is 0.432. The molecule has 160 valence electrons. The molecule has 0 saturated carbocycles. The van der Waals surface area contributed by atoms with E-state index in [1.807, 2.05) is 60.7 Å². The number of nitrogens with zero attached hydrogens (tertiary/aromatic N) is 1. The predicted octanol–water partition coefficient (Wildman–Crippen LogP) is 2.79.